The number of nitrogens with one attached hydrogen (secondary N) is 2. The van der Waals surface area contributed by atoms with Gasteiger partial charge in [-0.3, -0.25) is 29.1 Å². The van der Waals surface area contributed by atoms with Gasteiger partial charge in [0.1, 0.15) is 36.9 Å². The Balaban J connectivity index is 1.57. The van der Waals surface area contributed by atoms with Crippen LogP contribution < -0.4 is 20.3 Å². The van der Waals surface area contributed by atoms with Crippen LogP contribution >= 0.6 is 0 Å². The number of carbonyl (C=O) groups excluding carboxylic acids is 4. The lowest BCUT2D eigenvalue weighted by molar-refractivity contribution is -0.138. The van der Waals surface area contributed by atoms with E-state index >= 15 is 0 Å². The summed E-state index contributed by atoms with van der Waals surface area (Å²) < 4.78 is 5.76. The number of nitrogens with zero attached hydrogens (tertiary/aromatic N) is 2. The molecule has 0 bridgehead atoms. The van der Waals surface area contributed by atoms with Crippen LogP contribution in [-0.2, 0) is 19.2 Å². The van der Waals surface area contributed by atoms with Crippen molar-refractivity contribution in [1.82, 2.24) is 15.6 Å². The van der Waals surface area contributed by atoms with Crippen LogP contribution in [0, 0.1) is 0 Å². The summed E-state index contributed by atoms with van der Waals surface area (Å²) in [7, 11) is 0. The first-order valence-electron chi connectivity index (χ1n) is 11.0. The number of para-hydroxylation sites is 2. The number of rotatable bonds is 8. The van der Waals surface area contributed by atoms with Gasteiger partial charge in [-0.05, 0) is 23.6 Å². The highest BCUT2D eigenvalue weighted by atomic mass is 16.5. The van der Waals surface area contributed by atoms with E-state index in [0.29, 0.717) is 23.1 Å². The van der Waals surface area contributed by atoms with Crippen LogP contribution in [0.4, 0.5) is 5.69 Å². The van der Waals surface area contributed by atoms with Gasteiger partial charge in [0.15, 0.2) is 0 Å². The second-order valence-electron chi connectivity index (χ2n) is 8.02. The molecule has 2 aromatic carbocycles. The van der Waals surface area contributed by atoms with E-state index in [4.69, 9.17) is 9.84 Å². The lowest BCUT2D eigenvalue weighted by Gasteiger charge is -2.25. The lowest BCUT2D eigenvalue weighted by Crippen LogP contribution is -2.53. The Labute approximate surface area is 205 Å². The van der Waals surface area contributed by atoms with Crippen LogP contribution in [0.1, 0.15) is 16.9 Å². The third-order valence-corrected chi connectivity index (χ3v) is 5.53. The number of aldehydes is 1. The van der Waals surface area contributed by atoms with Crippen LogP contribution in [0.3, 0.4) is 0 Å². The van der Waals surface area contributed by atoms with Gasteiger partial charge in [0.2, 0.25) is 5.91 Å². The van der Waals surface area contributed by atoms with Crippen molar-refractivity contribution in [3.05, 3.63) is 66.5 Å². The molecule has 0 saturated carbocycles. The van der Waals surface area contributed by atoms with Crippen molar-refractivity contribution in [3.63, 3.8) is 0 Å². The molecular weight excluding hydrogens is 468 g/mol. The van der Waals surface area contributed by atoms with Crippen LogP contribution in [0.2, 0.25) is 0 Å². The van der Waals surface area contributed by atoms with E-state index in [9.17, 15) is 24.0 Å². The van der Waals surface area contributed by atoms with Gasteiger partial charge in [0.25, 0.3) is 11.8 Å². The van der Waals surface area contributed by atoms with Crippen molar-refractivity contribution in [1.29, 1.82) is 0 Å². The second-order valence-corrected chi connectivity index (χ2v) is 8.02. The minimum atomic E-state index is -1.26. The molecule has 2 heterocycles. The lowest BCUT2D eigenvalue weighted by atomic mass is 10.1. The summed E-state index contributed by atoms with van der Waals surface area (Å²) in [5.41, 5.74) is 0.424. The topological polar surface area (TPSA) is 155 Å². The van der Waals surface area contributed by atoms with E-state index in [1.165, 1.54) is 6.20 Å². The SMILES string of the molecule is O=C[C@H](CC(=O)O)NC(=O)CN1C(=O)[C@@H](NC(=O)c2nccc3ccccc23)COc2ccccc21. The number of anilines is 1. The number of aromatic nitrogens is 1. The second kappa shape index (κ2) is 10.6. The average Bonchev–Trinajstić information content (AvgIpc) is 3.00. The summed E-state index contributed by atoms with van der Waals surface area (Å²) in [4.78, 5) is 66.6. The van der Waals surface area contributed by atoms with Crippen molar-refractivity contribution in [2.24, 2.45) is 0 Å². The fourth-order valence-electron chi connectivity index (χ4n) is 3.86. The first-order chi connectivity index (χ1) is 17.4. The molecule has 0 spiro atoms. The van der Waals surface area contributed by atoms with Crippen molar-refractivity contribution in [2.75, 3.05) is 18.1 Å². The Morgan fingerprint density at radius 1 is 1.14 bits per heavy atom. The highest BCUT2D eigenvalue weighted by Gasteiger charge is 2.34. The number of carbonyl (C=O) groups is 5. The van der Waals surface area contributed by atoms with E-state index in [1.807, 2.05) is 12.1 Å². The van der Waals surface area contributed by atoms with E-state index in [1.54, 1.807) is 42.5 Å². The van der Waals surface area contributed by atoms with E-state index in [-0.39, 0.29) is 12.3 Å². The number of aliphatic carboxylic acids is 1. The minimum absolute atomic E-state index is 0.134. The molecule has 36 heavy (non-hydrogen) atoms. The Morgan fingerprint density at radius 3 is 2.67 bits per heavy atom. The van der Waals surface area contributed by atoms with E-state index < -0.39 is 48.7 Å². The maximum atomic E-state index is 13.5. The van der Waals surface area contributed by atoms with Crippen LogP contribution in [0.5, 0.6) is 5.75 Å². The quantitative estimate of drug-likeness (QED) is 0.394. The zero-order valence-electron chi connectivity index (χ0n) is 18.9. The molecule has 2 atom stereocenters. The molecule has 4 rings (SSSR count). The van der Waals surface area contributed by atoms with Gasteiger partial charge >= 0.3 is 5.97 Å². The summed E-state index contributed by atoms with van der Waals surface area (Å²) in [6.07, 6.45) is 1.21. The molecule has 11 nitrogen and oxygen atoms in total. The smallest absolute Gasteiger partial charge is 0.305 e. The summed E-state index contributed by atoms with van der Waals surface area (Å²) in [5, 5.41) is 15.3. The van der Waals surface area contributed by atoms with Crippen LogP contribution in [0.25, 0.3) is 10.8 Å². The number of ether oxygens (including phenoxy) is 1. The summed E-state index contributed by atoms with van der Waals surface area (Å²) in [6, 6.07) is 13.1. The summed E-state index contributed by atoms with van der Waals surface area (Å²) in [6.45, 7) is -0.720. The van der Waals surface area contributed by atoms with Gasteiger partial charge in [0.05, 0.1) is 18.2 Å². The van der Waals surface area contributed by atoms with Crippen molar-refractivity contribution in [2.45, 2.75) is 18.5 Å². The monoisotopic (exact) mass is 490 g/mol. The number of benzene rings is 2. The molecular formula is C25H22N4O7. The predicted octanol–water partition coefficient (Wildman–Crippen LogP) is 0.917. The fraction of sp³-hybridized carbons (Fsp3) is 0.200. The third kappa shape index (κ3) is 5.30. The van der Waals surface area contributed by atoms with Gasteiger partial charge in [-0.15, -0.1) is 0 Å². The molecule has 3 amide bonds. The standard InChI is InChI=1S/C25H22N4O7/c30-13-16(11-22(32)33)27-21(31)12-29-19-7-3-4-8-20(19)36-14-18(25(29)35)28-24(34)23-17-6-2-1-5-15(17)9-10-26-23/h1-10,13,16,18H,11-12,14H2,(H,27,31)(H,28,34)(H,32,33)/t16-,18-/m0/s1. The van der Waals surface area contributed by atoms with Gasteiger partial charge in [0, 0.05) is 11.6 Å². The first-order valence-corrected chi connectivity index (χ1v) is 11.0. The molecule has 1 aliphatic heterocycles. The molecule has 1 aliphatic rings. The Bertz CT molecular complexity index is 1340. The molecule has 0 saturated heterocycles. The van der Waals surface area contributed by atoms with E-state index in [0.717, 1.165) is 10.3 Å². The Kier molecular flexibility index (Phi) is 7.19. The maximum Gasteiger partial charge on any atom is 0.305 e. The van der Waals surface area contributed by atoms with Gasteiger partial charge in [-0.2, -0.15) is 0 Å². The number of pyridine rings is 1. The third-order valence-electron chi connectivity index (χ3n) is 5.53. The van der Waals surface area contributed by atoms with Gasteiger partial charge in [-0.25, -0.2) is 0 Å². The van der Waals surface area contributed by atoms with E-state index in [2.05, 4.69) is 15.6 Å². The van der Waals surface area contributed by atoms with Gasteiger partial charge in [-0.1, -0.05) is 36.4 Å². The number of hydrogen-bond donors (Lipinski definition) is 3. The number of fused-ring (bicyclic) bond motifs is 2. The average molecular weight is 490 g/mol. The molecule has 0 unspecified atom stereocenters. The molecule has 3 N–H and O–H groups in total. The number of carboxylic acids is 1. The summed E-state index contributed by atoms with van der Waals surface area (Å²) in [5.74, 6) is -2.91. The zero-order chi connectivity index (χ0) is 25.7. The molecule has 184 valence electrons. The van der Waals surface area contributed by atoms with Crippen LogP contribution in [0.15, 0.2) is 60.8 Å². The normalized spacial score (nSPS) is 15.7. The van der Waals surface area contributed by atoms with Crippen LogP contribution in [-0.4, -0.2) is 65.3 Å². The molecule has 3 aromatic rings. The van der Waals surface area contributed by atoms with Crippen molar-refractivity contribution < 1.29 is 33.8 Å². The highest BCUT2D eigenvalue weighted by Crippen LogP contribution is 2.31. The molecule has 1 aromatic heterocycles. The Morgan fingerprint density at radius 2 is 1.89 bits per heavy atom. The molecule has 11 heteroatoms. The molecule has 0 fully saturated rings. The van der Waals surface area contributed by atoms with Crippen molar-refractivity contribution in [3.8, 4) is 5.75 Å². The fourth-order valence-corrected chi connectivity index (χ4v) is 3.86. The predicted molar refractivity (Wildman–Crippen MR) is 128 cm³/mol. The molecule has 0 radical (unpaired) electrons. The maximum absolute atomic E-state index is 13.5. The molecule has 0 aliphatic carbocycles. The first kappa shape index (κ1) is 24.3. The Hall–Kier alpha value is -4.80. The minimum Gasteiger partial charge on any atom is -0.489 e. The summed E-state index contributed by atoms with van der Waals surface area (Å²) >= 11 is 0. The highest BCUT2D eigenvalue weighted by molar-refractivity contribution is 6.09. The largest absolute Gasteiger partial charge is 0.489 e. The van der Waals surface area contributed by atoms with Gasteiger partial charge < -0.3 is 25.3 Å². The number of hydrogen-bond acceptors (Lipinski definition) is 7. The zero-order valence-corrected chi connectivity index (χ0v) is 18.9. The number of amides is 3. The van der Waals surface area contributed by atoms with Crippen molar-refractivity contribution >= 4 is 46.4 Å². The number of carboxylic acid groups (broad SMARTS) is 1.